The summed E-state index contributed by atoms with van der Waals surface area (Å²) in [5.41, 5.74) is 0. The molecule has 1 fully saturated rings. The Kier molecular flexibility index (Phi) is 7.77. The van der Waals surface area contributed by atoms with Crippen molar-refractivity contribution in [1.29, 1.82) is 0 Å². The fourth-order valence-electron chi connectivity index (χ4n) is 2.02. The molecule has 0 amide bonds. The maximum atomic E-state index is 5.50. The first-order chi connectivity index (χ1) is 8.18. The van der Waals surface area contributed by atoms with Crippen molar-refractivity contribution in [3.63, 3.8) is 0 Å². The van der Waals surface area contributed by atoms with Crippen molar-refractivity contribution in [3.05, 3.63) is 0 Å². The van der Waals surface area contributed by atoms with Crippen LogP contribution in [0.2, 0.25) is 0 Å². The molecule has 1 aliphatic heterocycles. The summed E-state index contributed by atoms with van der Waals surface area (Å²) >= 11 is 0. The molecule has 2 unspecified atom stereocenters. The van der Waals surface area contributed by atoms with Gasteiger partial charge in [-0.25, -0.2) is 0 Å². The highest BCUT2D eigenvalue weighted by Crippen LogP contribution is 2.02. The van der Waals surface area contributed by atoms with Crippen molar-refractivity contribution in [2.24, 2.45) is 0 Å². The largest absolute Gasteiger partial charge is 0.379 e. The molecule has 0 radical (unpaired) electrons. The zero-order chi connectivity index (χ0) is 12.5. The normalized spacial score (nSPS) is 22.9. The van der Waals surface area contributed by atoms with Gasteiger partial charge < -0.3 is 20.1 Å². The molecule has 0 bridgehead atoms. The summed E-state index contributed by atoms with van der Waals surface area (Å²) in [5.74, 6) is 0. The van der Waals surface area contributed by atoms with Gasteiger partial charge in [0.15, 0.2) is 0 Å². The van der Waals surface area contributed by atoms with E-state index in [2.05, 4.69) is 31.4 Å². The van der Waals surface area contributed by atoms with E-state index < -0.39 is 0 Å². The first-order valence-electron chi connectivity index (χ1n) is 6.84. The SMILES string of the molecule is CC(CC1COCCN1)NCCCOC(C)C. The Hall–Kier alpha value is -0.160. The lowest BCUT2D eigenvalue weighted by Crippen LogP contribution is -2.45. The number of nitrogens with one attached hydrogen (secondary N) is 2. The summed E-state index contributed by atoms with van der Waals surface area (Å²) in [6, 6.07) is 1.05. The van der Waals surface area contributed by atoms with Crippen LogP contribution in [0.3, 0.4) is 0 Å². The van der Waals surface area contributed by atoms with Gasteiger partial charge >= 0.3 is 0 Å². The van der Waals surface area contributed by atoms with Gasteiger partial charge in [-0.2, -0.15) is 0 Å². The van der Waals surface area contributed by atoms with Crippen LogP contribution in [-0.2, 0) is 9.47 Å². The molecule has 0 saturated carbocycles. The van der Waals surface area contributed by atoms with Gasteiger partial charge in [0, 0.05) is 25.2 Å². The number of hydrogen-bond acceptors (Lipinski definition) is 4. The predicted molar refractivity (Wildman–Crippen MR) is 70.4 cm³/mol. The lowest BCUT2D eigenvalue weighted by molar-refractivity contribution is 0.0693. The van der Waals surface area contributed by atoms with Gasteiger partial charge in [-0.05, 0) is 40.2 Å². The van der Waals surface area contributed by atoms with E-state index in [0.717, 1.165) is 45.8 Å². The fraction of sp³-hybridized carbons (Fsp3) is 1.00. The zero-order valence-electron chi connectivity index (χ0n) is 11.5. The van der Waals surface area contributed by atoms with Gasteiger partial charge in [0.1, 0.15) is 0 Å². The zero-order valence-corrected chi connectivity index (χ0v) is 11.5. The molecule has 4 nitrogen and oxygen atoms in total. The van der Waals surface area contributed by atoms with Gasteiger partial charge in [0.2, 0.25) is 0 Å². The Balaban J connectivity index is 1.95. The van der Waals surface area contributed by atoms with Crippen LogP contribution in [0.25, 0.3) is 0 Å². The lowest BCUT2D eigenvalue weighted by Gasteiger charge is -2.26. The molecular formula is C13H28N2O2. The molecule has 0 aromatic carbocycles. The van der Waals surface area contributed by atoms with Crippen LogP contribution in [0.5, 0.6) is 0 Å². The van der Waals surface area contributed by atoms with Crippen LogP contribution < -0.4 is 10.6 Å². The predicted octanol–water partition coefficient (Wildman–Crippen LogP) is 1.16. The number of rotatable bonds is 8. The van der Waals surface area contributed by atoms with E-state index in [-0.39, 0.29) is 0 Å². The Morgan fingerprint density at radius 2 is 2.24 bits per heavy atom. The Morgan fingerprint density at radius 1 is 1.41 bits per heavy atom. The van der Waals surface area contributed by atoms with Gasteiger partial charge in [-0.15, -0.1) is 0 Å². The molecule has 0 spiro atoms. The van der Waals surface area contributed by atoms with E-state index in [1.807, 2.05) is 0 Å². The second kappa shape index (κ2) is 8.86. The Labute approximate surface area is 105 Å². The maximum Gasteiger partial charge on any atom is 0.0620 e. The molecule has 0 aromatic rings. The van der Waals surface area contributed by atoms with Crippen LogP contribution in [-0.4, -0.2) is 51.1 Å². The summed E-state index contributed by atoms with van der Waals surface area (Å²) in [7, 11) is 0. The van der Waals surface area contributed by atoms with E-state index in [9.17, 15) is 0 Å². The molecule has 0 aromatic heterocycles. The summed E-state index contributed by atoms with van der Waals surface area (Å²) < 4.78 is 10.9. The molecule has 1 heterocycles. The van der Waals surface area contributed by atoms with Crippen LogP contribution in [0.15, 0.2) is 0 Å². The molecule has 2 N–H and O–H groups in total. The molecule has 2 atom stereocenters. The van der Waals surface area contributed by atoms with Crippen LogP contribution in [0.4, 0.5) is 0 Å². The minimum atomic E-state index is 0.344. The average Bonchev–Trinajstić information content (AvgIpc) is 2.29. The van der Waals surface area contributed by atoms with E-state index in [0.29, 0.717) is 18.2 Å². The van der Waals surface area contributed by atoms with Crippen LogP contribution >= 0.6 is 0 Å². The minimum Gasteiger partial charge on any atom is -0.379 e. The summed E-state index contributed by atoms with van der Waals surface area (Å²) in [5, 5.41) is 7.00. The van der Waals surface area contributed by atoms with Gasteiger partial charge in [-0.1, -0.05) is 0 Å². The second-order valence-electron chi connectivity index (χ2n) is 5.09. The van der Waals surface area contributed by atoms with E-state index in [1.165, 1.54) is 0 Å². The Bertz CT molecular complexity index is 182. The van der Waals surface area contributed by atoms with E-state index >= 15 is 0 Å². The van der Waals surface area contributed by atoms with Gasteiger partial charge in [-0.3, -0.25) is 0 Å². The molecule has 0 aliphatic carbocycles. The van der Waals surface area contributed by atoms with Crippen LogP contribution in [0, 0.1) is 0 Å². The van der Waals surface area contributed by atoms with Crippen molar-refractivity contribution >= 4 is 0 Å². The first-order valence-corrected chi connectivity index (χ1v) is 6.84. The molecule has 4 heteroatoms. The molecule has 1 rings (SSSR count). The number of hydrogen-bond donors (Lipinski definition) is 2. The maximum absolute atomic E-state index is 5.50. The summed E-state index contributed by atoms with van der Waals surface area (Å²) in [6.45, 7) is 11.0. The minimum absolute atomic E-state index is 0.344. The van der Waals surface area contributed by atoms with Gasteiger partial charge in [0.25, 0.3) is 0 Å². The van der Waals surface area contributed by atoms with Crippen LogP contribution in [0.1, 0.15) is 33.6 Å². The third-order valence-electron chi connectivity index (χ3n) is 2.90. The highest BCUT2D eigenvalue weighted by molar-refractivity contribution is 4.75. The first kappa shape index (κ1) is 14.9. The average molecular weight is 244 g/mol. The smallest absolute Gasteiger partial charge is 0.0620 e. The quantitative estimate of drug-likeness (QED) is 0.629. The third kappa shape index (κ3) is 7.71. The molecule has 1 saturated heterocycles. The summed E-state index contributed by atoms with van der Waals surface area (Å²) in [6.07, 6.45) is 2.55. The van der Waals surface area contributed by atoms with Crippen molar-refractivity contribution in [1.82, 2.24) is 10.6 Å². The molecule has 17 heavy (non-hydrogen) atoms. The standard InChI is InChI=1S/C13H28N2O2/c1-11(2)17-7-4-5-14-12(3)9-13-10-16-8-6-15-13/h11-15H,4-10H2,1-3H3. The third-order valence-corrected chi connectivity index (χ3v) is 2.90. The lowest BCUT2D eigenvalue weighted by atomic mass is 10.1. The fourth-order valence-corrected chi connectivity index (χ4v) is 2.02. The highest BCUT2D eigenvalue weighted by Gasteiger charge is 2.15. The van der Waals surface area contributed by atoms with Crippen molar-refractivity contribution in [2.75, 3.05) is 32.9 Å². The Morgan fingerprint density at radius 3 is 2.88 bits per heavy atom. The summed E-state index contributed by atoms with van der Waals surface area (Å²) in [4.78, 5) is 0. The van der Waals surface area contributed by atoms with Crippen molar-refractivity contribution in [2.45, 2.75) is 51.8 Å². The number of ether oxygens (including phenoxy) is 2. The molecule has 102 valence electrons. The van der Waals surface area contributed by atoms with Crippen molar-refractivity contribution < 1.29 is 9.47 Å². The monoisotopic (exact) mass is 244 g/mol. The second-order valence-corrected chi connectivity index (χ2v) is 5.09. The molecular weight excluding hydrogens is 216 g/mol. The van der Waals surface area contributed by atoms with E-state index in [4.69, 9.17) is 9.47 Å². The highest BCUT2D eigenvalue weighted by atomic mass is 16.5. The van der Waals surface area contributed by atoms with Gasteiger partial charge in [0.05, 0.1) is 19.3 Å². The number of morpholine rings is 1. The van der Waals surface area contributed by atoms with E-state index in [1.54, 1.807) is 0 Å². The molecule has 1 aliphatic rings. The topological polar surface area (TPSA) is 42.5 Å². The van der Waals surface area contributed by atoms with Crippen molar-refractivity contribution in [3.8, 4) is 0 Å².